The molecular weight excluding hydrogens is 370 g/mol. The lowest BCUT2D eigenvalue weighted by Gasteiger charge is -2.17. The van der Waals surface area contributed by atoms with Crippen LogP contribution in [0.2, 0.25) is 0 Å². The Morgan fingerprint density at radius 1 is 1.10 bits per heavy atom. The maximum Gasteiger partial charge on any atom is 0.304 e. The Labute approximate surface area is 168 Å². The summed E-state index contributed by atoms with van der Waals surface area (Å²) in [5.41, 5.74) is 2.94. The normalized spacial score (nSPS) is 11.5. The predicted octanol–water partition coefficient (Wildman–Crippen LogP) is 3.42. The summed E-state index contributed by atoms with van der Waals surface area (Å²) in [6, 6.07) is 14.7. The van der Waals surface area contributed by atoms with E-state index in [9.17, 15) is 14.7 Å². The van der Waals surface area contributed by atoms with E-state index in [0.29, 0.717) is 12.1 Å². The number of ether oxygens (including phenoxy) is 1. The number of nitrogens with zero attached hydrogens (tertiary/aromatic N) is 2. The van der Waals surface area contributed by atoms with E-state index < -0.39 is 17.8 Å². The van der Waals surface area contributed by atoms with Crippen LogP contribution in [0.25, 0.3) is 11.1 Å². The van der Waals surface area contributed by atoms with Crippen LogP contribution < -0.4 is 10.1 Å². The molecule has 7 heteroatoms. The third-order valence-electron chi connectivity index (χ3n) is 4.43. The number of anilines is 1. The van der Waals surface area contributed by atoms with Crippen LogP contribution in [0.3, 0.4) is 0 Å². The SMILES string of the molecule is COc1ncc(-c2ccncc2)cc1NC(=O)C(CC(=O)O)Cc1ccccc1. The third-order valence-corrected chi connectivity index (χ3v) is 4.43. The first kappa shape index (κ1) is 20.0. The quantitative estimate of drug-likeness (QED) is 0.610. The largest absolute Gasteiger partial charge is 0.481 e. The molecule has 0 spiro atoms. The van der Waals surface area contributed by atoms with Gasteiger partial charge < -0.3 is 15.2 Å². The molecule has 0 bridgehead atoms. The number of pyridine rings is 2. The van der Waals surface area contributed by atoms with Gasteiger partial charge in [0.25, 0.3) is 0 Å². The van der Waals surface area contributed by atoms with Crippen molar-refractivity contribution >= 4 is 17.6 Å². The zero-order valence-electron chi connectivity index (χ0n) is 15.9. The van der Waals surface area contributed by atoms with Gasteiger partial charge in [-0.25, -0.2) is 4.98 Å². The number of hydrogen-bond donors (Lipinski definition) is 2. The molecule has 0 saturated heterocycles. The van der Waals surface area contributed by atoms with Gasteiger partial charge in [0.15, 0.2) is 0 Å². The van der Waals surface area contributed by atoms with Crippen LogP contribution >= 0.6 is 0 Å². The van der Waals surface area contributed by atoms with E-state index in [1.165, 1.54) is 7.11 Å². The van der Waals surface area contributed by atoms with Crippen LogP contribution in [0.4, 0.5) is 5.69 Å². The summed E-state index contributed by atoms with van der Waals surface area (Å²) in [5.74, 6) is -1.91. The second kappa shape index (κ2) is 9.45. The predicted molar refractivity (Wildman–Crippen MR) is 109 cm³/mol. The number of aromatic nitrogens is 2. The molecule has 0 aliphatic heterocycles. The van der Waals surface area contributed by atoms with E-state index in [1.54, 1.807) is 24.7 Å². The van der Waals surface area contributed by atoms with E-state index in [4.69, 9.17) is 4.74 Å². The minimum atomic E-state index is -1.03. The minimum Gasteiger partial charge on any atom is -0.481 e. The molecule has 0 radical (unpaired) electrons. The van der Waals surface area contributed by atoms with E-state index in [0.717, 1.165) is 16.7 Å². The molecule has 7 nitrogen and oxygen atoms in total. The van der Waals surface area contributed by atoms with Crippen LogP contribution in [0.5, 0.6) is 5.88 Å². The van der Waals surface area contributed by atoms with Gasteiger partial charge in [-0.05, 0) is 35.7 Å². The van der Waals surface area contributed by atoms with Crippen LogP contribution in [0.1, 0.15) is 12.0 Å². The number of carbonyl (C=O) groups is 2. The lowest BCUT2D eigenvalue weighted by atomic mass is 9.95. The van der Waals surface area contributed by atoms with Gasteiger partial charge in [0.1, 0.15) is 5.69 Å². The van der Waals surface area contributed by atoms with Gasteiger partial charge in [0, 0.05) is 24.2 Å². The van der Waals surface area contributed by atoms with Crippen molar-refractivity contribution in [1.29, 1.82) is 0 Å². The molecule has 0 saturated carbocycles. The highest BCUT2D eigenvalue weighted by molar-refractivity contribution is 5.96. The fourth-order valence-electron chi connectivity index (χ4n) is 3.01. The summed E-state index contributed by atoms with van der Waals surface area (Å²) in [7, 11) is 1.46. The van der Waals surface area contributed by atoms with Gasteiger partial charge in [-0.2, -0.15) is 0 Å². The Hall–Kier alpha value is -3.74. The number of methoxy groups -OCH3 is 1. The molecule has 2 aromatic heterocycles. The van der Waals surface area contributed by atoms with Gasteiger partial charge in [-0.1, -0.05) is 30.3 Å². The molecule has 2 heterocycles. The van der Waals surface area contributed by atoms with E-state index in [1.807, 2.05) is 42.5 Å². The number of benzene rings is 1. The van der Waals surface area contributed by atoms with Crippen LogP contribution in [0, 0.1) is 5.92 Å². The second-order valence-corrected chi connectivity index (χ2v) is 6.49. The van der Waals surface area contributed by atoms with Gasteiger partial charge >= 0.3 is 5.97 Å². The zero-order chi connectivity index (χ0) is 20.6. The first-order valence-electron chi connectivity index (χ1n) is 9.08. The van der Waals surface area contributed by atoms with Gasteiger partial charge in [-0.15, -0.1) is 0 Å². The number of hydrogen-bond acceptors (Lipinski definition) is 5. The van der Waals surface area contributed by atoms with Gasteiger partial charge in [-0.3, -0.25) is 14.6 Å². The molecule has 3 rings (SSSR count). The molecule has 0 aliphatic carbocycles. The first-order valence-corrected chi connectivity index (χ1v) is 9.08. The summed E-state index contributed by atoms with van der Waals surface area (Å²) < 4.78 is 5.26. The molecule has 1 atom stereocenters. The molecule has 3 aromatic rings. The fraction of sp³-hybridized carbons (Fsp3) is 0.182. The number of carbonyl (C=O) groups excluding carboxylic acids is 1. The van der Waals surface area contributed by atoms with Crippen molar-refractivity contribution < 1.29 is 19.4 Å². The van der Waals surface area contributed by atoms with Crippen molar-refractivity contribution in [3.63, 3.8) is 0 Å². The van der Waals surface area contributed by atoms with E-state index in [2.05, 4.69) is 15.3 Å². The Balaban J connectivity index is 1.85. The van der Waals surface area contributed by atoms with Crippen molar-refractivity contribution in [3.05, 3.63) is 72.7 Å². The lowest BCUT2D eigenvalue weighted by Crippen LogP contribution is -2.27. The molecule has 2 N–H and O–H groups in total. The van der Waals surface area contributed by atoms with Gasteiger partial charge in [0.05, 0.1) is 19.4 Å². The monoisotopic (exact) mass is 391 g/mol. The lowest BCUT2D eigenvalue weighted by molar-refractivity contribution is -0.140. The average Bonchev–Trinajstić information content (AvgIpc) is 2.74. The van der Waals surface area contributed by atoms with E-state index in [-0.39, 0.29) is 12.3 Å². The Morgan fingerprint density at radius 2 is 1.83 bits per heavy atom. The highest BCUT2D eigenvalue weighted by atomic mass is 16.5. The standard InChI is InChI=1S/C22H21N3O4/c1-29-22-19(12-18(14-24-22)16-7-9-23-10-8-16)25-21(28)17(13-20(26)27)11-15-5-3-2-4-6-15/h2-10,12,14,17H,11,13H2,1H3,(H,25,28)(H,26,27). The smallest absolute Gasteiger partial charge is 0.304 e. The number of rotatable bonds is 8. The summed E-state index contributed by atoms with van der Waals surface area (Å²) in [4.78, 5) is 32.4. The summed E-state index contributed by atoms with van der Waals surface area (Å²) in [5, 5.41) is 12.0. The molecule has 1 unspecified atom stereocenters. The molecule has 29 heavy (non-hydrogen) atoms. The highest BCUT2D eigenvalue weighted by Crippen LogP contribution is 2.29. The van der Waals surface area contributed by atoms with Crippen molar-refractivity contribution in [1.82, 2.24) is 9.97 Å². The average molecular weight is 391 g/mol. The van der Waals surface area contributed by atoms with Crippen molar-refractivity contribution in [2.24, 2.45) is 5.92 Å². The Morgan fingerprint density at radius 3 is 2.48 bits per heavy atom. The zero-order valence-corrected chi connectivity index (χ0v) is 15.9. The summed E-state index contributed by atoms with van der Waals surface area (Å²) in [6.07, 6.45) is 5.02. The minimum absolute atomic E-state index is 0.255. The number of carboxylic acids is 1. The Kier molecular flexibility index (Phi) is 6.52. The molecule has 148 valence electrons. The van der Waals surface area contributed by atoms with Crippen LogP contribution in [-0.4, -0.2) is 34.1 Å². The first-order chi connectivity index (χ1) is 14.1. The van der Waals surface area contributed by atoms with Gasteiger partial charge in [0.2, 0.25) is 11.8 Å². The van der Waals surface area contributed by atoms with Crippen molar-refractivity contribution in [3.8, 4) is 17.0 Å². The molecule has 1 amide bonds. The molecule has 1 aromatic carbocycles. The van der Waals surface area contributed by atoms with Crippen LogP contribution in [-0.2, 0) is 16.0 Å². The third kappa shape index (κ3) is 5.38. The highest BCUT2D eigenvalue weighted by Gasteiger charge is 2.23. The summed E-state index contributed by atoms with van der Waals surface area (Å²) >= 11 is 0. The van der Waals surface area contributed by atoms with Crippen molar-refractivity contribution in [2.75, 3.05) is 12.4 Å². The molecule has 0 aliphatic rings. The number of nitrogens with one attached hydrogen (secondary N) is 1. The van der Waals surface area contributed by atoms with E-state index >= 15 is 0 Å². The Bertz CT molecular complexity index is 978. The maximum atomic E-state index is 12.9. The maximum absolute atomic E-state index is 12.9. The van der Waals surface area contributed by atoms with Crippen LogP contribution in [0.15, 0.2) is 67.1 Å². The second-order valence-electron chi connectivity index (χ2n) is 6.49. The molecule has 0 fully saturated rings. The number of aliphatic carboxylic acids is 1. The fourth-order valence-corrected chi connectivity index (χ4v) is 3.01. The number of carboxylic acid groups (broad SMARTS) is 1. The summed E-state index contributed by atoms with van der Waals surface area (Å²) in [6.45, 7) is 0. The van der Waals surface area contributed by atoms with Crippen molar-refractivity contribution in [2.45, 2.75) is 12.8 Å². The molecular formula is C22H21N3O4. The number of amides is 1. The topological polar surface area (TPSA) is 101 Å².